The molecule has 0 aliphatic carbocycles. The molecule has 2 amide bonds. The van der Waals surface area contributed by atoms with Crippen LogP contribution in [0.25, 0.3) is 10.9 Å². The maximum atomic E-state index is 13.2. The second-order valence-electron chi connectivity index (χ2n) is 7.89. The summed E-state index contributed by atoms with van der Waals surface area (Å²) >= 11 is 3.57. The molecular weight excluding hydrogens is 410 g/mol. The molecule has 1 atom stereocenters. The van der Waals surface area contributed by atoms with E-state index in [0.29, 0.717) is 18.8 Å². The predicted molar refractivity (Wildman–Crippen MR) is 109 cm³/mol. The normalized spacial score (nSPS) is 17.8. The second kappa shape index (κ2) is 7.92. The summed E-state index contributed by atoms with van der Waals surface area (Å²) in [7, 11) is 0. The van der Waals surface area contributed by atoms with E-state index in [0.717, 1.165) is 34.6 Å². The van der Waals surface area contributed by atoms with Crippen molar-refractivity contribution in [3.63, 3.8) is 0 Å². The number of piperidine rings is 1. The van der Waals surface area contributed by atoms with E-state index in [9.17, 15) is 9.59 Å². The number of aromatic amines is 1. The zero-order valence-corrected chi connectivity index (χ0v) is 17.6. The van der Waals surface area contributed by atoms with Crippen molar-refractivity contribution in [2.24, 2.45) is 0 Å². The molecule has 7 heteroatoms. The van der Waals surface area contributed by atoms with Crippen molar-refractivity contribution in [1.82, 2.24) is 15.2 Å². The Morgan fingerprint density at radius 2 is 2.04 bits per heavy atom. The fraction of sp³-hybridized carbons (Fsp3) is 0.500. The van der Waals surface area contributed by atoms with Crippen LogP contribution in [0.15, 0.2) is 28.7 Å². The molecule has 3 rings (SSSR count). The first-order chi connectivity index (χ1) is 12.8. The molecule has 2 aromatic rings. The number of aromatic nitrogens is 1. The molecule has 1 aliphatic heterocycles. The third-order valence-electron chi connectivity index (χ3n) is 4.63. The number of hydrogen-bond acceptors (Lipinski definition) is 3. The number of rotatable bonds is 3. The largest absolute Gasteiger partial charge is 0.444 e. The van der Waals surface area contributed by atoms with Gasteiger partial charge in [-0.05, 0) is 62.0 Å². The zero-order valence-electron chi connectivity index (χ0n) is 16.0. The number of likely N-dealkylation sites (tertiary alicyclic amines) is 1. The number of alkyl carbamates (subject to hydrolysis) is 1. The molecule has 6 nitrogen and oxygen atoms in total. The number of benzene rings is 1. The average molecular weight is 436 g/mol. The van der Waals surface area contributed by atoms with Gasteiger partial charge in [0, 0.05) is 30.0 Å². The number of halogens is 1. The van der Waals surface area contributed by atoms with Gasteiger partial charge in [0.25, 0.3) is 5.91 Å². The molecule has 1 fully saturated rings. The number of ether oxygens (including phenoxy) is 1. The topological polar surface area (TPSA) is 74.4 Å². The van der Waals surface area contributed by atoms with Crippen molar-refractivity contribution < 1.29 is 14.3 Å². The lowest BCUT2D eigenvalue weighted by atomic mass is 10.0. The first kappa shape index (κ1) is 19.7. The predicted octanol–water partition coefficient (Wildman–Crippen LogP) is 4.45. The van der Waals surface area contributed by atoms with E-state index in [2.05, 4.69) is 26.2 Å². The number of hydrogen-bond donors (Lipinski definition) is 2. The molecule has 1 unspecified atom stereocenters. The first-order valence-corrected chi connectivity index (χ1v) is 10.1. The number of nitrogens with one attached hydrogen (secondary N) is 2. The standard InChI is InChI=1S/C20H26BrN3O3/c1-20(2,3)27-19(26)22-12-13-8-6-7-11-24(13)18(25)17-16(21)14-9-4-5-10-15(14)23-17/h4-5,9-10,13,23H,6-8,11-12H2,1-3H3,(H,22,26). The highest BCUT2D eigenvalue weighted by Gasteiger charge is 2.30. The van der Waals surface area contributed by atoms with Gasteiger partial charge in [0.2, 0.25) is 0 Å². The Hall–Kier alpha value is -2.02. The number of fused-ring (bicyclic) bond motifs is 1. The van der Waals surface area contributed by atoms with E-state index in [-0.39, 0.29) is 11.9 Å². The number of H-pyrrole nitrogens is 1. The lowest BCUT2D eigenvalue weighted by Crippen LogP contribution is -2.50. The molecule has 1 aromatic carbocycles. The maximum Gasteiger partial charge on any atom is 0.407 e. The summed E-state index contributed by atoms with van der Waals surface area (Å²) in [5.74, 6) is -0.0474. The summed E-state index contributed by atoms with van der Waals surface area (Å²) < 4.78 is 6.09. The highest BCUT2D eigenvalue weighted by molar-refractivity contribution is 9.10. The van der Waals surface area contributed by atoms with E-state index in [1.807, 2.05) is 49.9 Å². The van der Waals surface area contributed by atoms with Crippen LogP contribution >= 0.6 is 15.9 Å². The molecule has 1 aromatic heterocycles. The van der Waals surface area contributed by atoms with Gasteiger partial charge in [0.1, 0.15) is 11.3 Å². The highest BCUT2D eigenvalue weighted by atomic mass is 79.9. The Bertz CT molecular complexity index is 841. The fourth-order valence-corrected chi connectivity index (χ4v) is 4.01. The van der Waals surface area contributed by atoms with Crippen LogP contribution in [0.5, 0.6) is 0 Å². The second-order valence-corrected chi connectivity index (χ2v) is 8.68. The van der Waals surface area contributed by atoms with Crippen LogP contribution in [-0.4, -0.2) is 46.6 Å². The first-order valence-electron chi connectivity index (χ1n) is 9.30. The van der Waals surface area contributed by atoms with Gasteiger partial charge in [-0.3, -0.25) is 4.79 Å². The number of para-hydroxylation sites is 1. The van der Waals surface area contributed by atoms with Crippen molar-refractivity contribution in [1.29, 1.82) is 0 Å². The van der Waals surface area contributed by atoms with E-state index in [4.69, 9.17) is 4.74 Å². The Labute approximate surface area is 167 Å². The van der Waals surface area contributed by atoms with Gasteiger partial charge >= 0.3 is 6.09 Å². The van der Waals surface area contributed by atoms with Crippen LogP contribution in [0.4, 0.5) is 4.79 Å². The molecule has 2 heterocycles. The van der Waals surface area contributed by atoms with Crippen molar-refractivity contribution >= 4 is 38.8 Å². The Morgan fingerprint density at radius 1 is 1.30 bits per heavy atom. The van der Waals surface area contributed by atoms with Gasteiger partial charge in [-0.1, -0.05) is 18.2 Å². The van der Waals surface area contributed by atoms with Crippen LogP contribution in [0.2, 0.25) is 0 Å². The van der Waals surface area contributed by atoms with Crippen LogP contribution in [0.3, 0.4) is 0 Å². The van der Waals surface area contributed by atoms with Gasteiger partial charge in [-0.15, -0.1) is 0 Å². The number of carbonyl (C=O) groups excluding carboxylic acids is 2. The lowest BCUT2D eigenvalue weighted by molar-refractivity contribution is 0.0461. The quantitative estimate of drug-likeness (QED) is 0.747. The zero-order chi connectivity index (χ0) is 19.6. The monoisotopic (exact) mass is 435 g/mol. The summed E-state index contributed by atoms with van der Waals surface area (Å²) in [4.78, 5) is 30.2. The summed E-state index contributed by atoms with van der Waals surface area (Å²) in [6.45, 7) is 6.56. The van der Waals surface area contributed by atoms with E-state index >= 15 is 0 Å². The SMILES string of the molecule is CC(C)(C)OC(=O)NCC1CCCCN1C(=O)c1[nH]c2ccccc2c1Br. The van der Waals surface area contributed by atoms with Gasteiger partial charge in [0.15, 0.2) is 0 Å². The van der Waals surface area contributed by atoms with E-state index < -0.39 is 11.7 Å². The van der Waals surface area contributed by atoms with Crippen LogP contribution < -0.4 is 5.32 Å². The van der Waals surface area contributed by atoms with Gasteiger partial charge in [0.05, 0.1) is 4.47 Å². The minimum Gasteiger partial charge on any atom is -0.444 e. The number of carbonyl (C=O) groups is 2. The molecule has 1 saturated heterocycles. The minimum atomic E-state index is -0.540. The highest BCUT2D eigenvalue weighted by Crippen LogP contribution is 2.30. The molecule has 27 heavy (non-hydrogen) atoms. The minimum absolute atomic E-state index is 0.0444. The fourth-order valence-electron chi connectivity index (χ4n) is 3.39. The van der Waals surface area contributed by atoms with Crippen molar-refractivity contribution in [2.45, 2.75) is 51.7 Å². The molecule has 2 N–H and O–H groups in total. The smallest absolute Gasteiger partial charge is 0.407 e. The lowest BCUT2D eigenvalue weighted by Gasteiger charge is -2.35. The molecule has 0 bridgehead atoms. The summed E-state index contributed by atoms with van der Waals surface area (Å²) in [6.07, 6.45) is 2.41. The van der Waals surface area contributed by atoms with E-state index in [1.54, 1.807) is 0 Å². The molecule has 0 saturated carbocycles. The Morgan fingerprint density at radius 3 is 2.74 bits per heavy atom. The number of amides is 2. The molecule has 0 spiro atoms. The summed E-state index contributed by atoms with van der Waals surface area (Å²) in [5.41, 5.74) is 0.940. The van der Waals surface area contributed by atoms with Gasteiger partial charge in [-0.25, -0.2) is 4.79 Å². The van der Waals surface area contributed by atoms with Crippen molar-refractivity contribution in [3.05, 3.63) is 34.4 Å². The third kappa shape index (κ3) is 4.64. The molecule has 1 aliphatic rings. The molecule has 146 valence electrons. The van der Waals surface area contributed by atoms with Gasteiger partial charge < -0.3 is 19.9 Å². The van der Waals surface area contributed by atoms with Crippen LogP contribution in [-0.2, 0) is 4.74 Å². The summed E-state index contributed by atoms with van der Waals surface area (Å²) in [6, 6.07) is 7.77. The van der Waals surface area contributed by atoms with Crippen LogP contribution in [0, 0.1) is 0 Å². The maximum absolute atomic E-state index is 13.2. The number of nitrogens with zero attached hydrogens (tertiary/aromatic N) is 1. The molecular formula is C20H26BrN3O3. The molecule has 0 radical (unpaired) electrons. The van der Waals surface area contributed by atoms with Gasteiger partial charge in [-0.2, -0.15) is 0 Å². The van der Waals surface area contributed by atoms with Crippen molar-refractivity contribution in [3.8, 4) is 0 Å². The average Bonchev–Trinajstić information content (AvgIpc) is 2.95. The van der Waals surface area contributed by atoms with Crippen LogP contribution in [0.1, 0.15) is 50.5 Å². The Kier molecular flexibility index (Phi) is 5.79. The van der Waals surface area contributed by atoms with E-state index in [1.165, 1.54) is 0 Å². The van der Waals surface area contributed by atoms with Crippen molar-refractivity contribution in [2.75, 3.05) is 13.1 Å². The third-order valence-corrected chi connectivity index (χ3v) is 5.45. The summed E-state index contributed by atoms with van der Waals surface area (Å²) in [5, 5.41) is 3.80. The Balaban J connectivity index is 1.73.